The minimum atomic E-state index is -0.419. The topological polar surface area (TPSA) is 81.2 Å². The van der Waals surface area contributed by atoms with E-state index < -0.39 is 5.91 Å². The van der Waals surface area contributed by atoms with E-state index >= 15 is 0 Å². The zero-order chi connectivity index (χ0) is 15.5. The van der Waals surface area contributed by atoms with E-state index in [1.54, 1.807) is 23.6 Å². The highest BCUT2D eigenvalue weighted by molar-refractivity contribution is 7.13. The predicted octanol–water partition coefficient (Wildman–Crippen LogP) is 3.42. The van der Waals surface area contributed by atoms with Crippen LogP contribution in [0.5, 0.6) is 0 Å². The molecule has 3 N–H and O–H groups in total. The molecule has 22 heavy (non-hydrogen) atoms. The summed E-state index contributed by atoms with van der Waals surface area (Å²) in [4.78, 5) is 16.5. The van der Waals surface area contributed by atoms with Crippen molar-refractivity contribution in [3.63, 3.8) is 0 Å². The van der Waals surface area contributed by atoms with Crippen molar-refractivity contribution in [2.24, 2.45) is 5.73 Å². The summed E-state index contributed by atoms with van der Waals surface area (Å²) in [5.74, 6) is 0.962. The van der Waals surface area contributed by atoms with Gasteiger partial charge in [0.15, 0.2) is 5.76 Å². The predicted molar refractivity (Wildman–Crippen MR) is 86.8 cm³/mol. The molecule has 3 rings (SSSR count). The smallest absolute Gasteiger partial charge is 0.248 e. The number of carbonyl (C=O) groups is 1. The maximum Gasteiger partial charge on any atom is 0.248 e. The number of benzene rings is 1. The molecule has 0 saturated heterocycles. The molecule has 1 amide bonds. The Hall–Kier alpha value is -2.60. The molecule has 0 aliphatic heterocycles. The van der Waals surface area contributed by atoms with Crippen LogP contribution in [0.4, 0.5) is 5.69 Å². The quantitative estimate of drug-likeness (QED) is 0.756. The molecule has 6 heteroatoms. The minimum absolute atomic E-state index is 0.419. The fourth-order valence-corrected chi connectivity index (χ4v) is 2.82. The molecular weight excluding hydrogens is 298 g/mol. The molecule has 0 saturated carbocycles. The Labute approximate surface area is 131 Å². The van der Waals surface area contributed by atoms with Gasteiger partial charge in [-0.3, -0.25) is 4.79 Å². The summed E-state index contributed by atoms with van der Waals surface area (Å²) in [6.07, 6.45) is 1.73. The first-order valence-corrected chi connectivity index (χ1v) is 7.64. The number of aryl methyl sites for hydroxylation is 1. The highest BCUT2D eigenvalue weighted by Crippen LogP contribution is 2.25. The van der Waals surface area contributed by atoms with Crippen molar-refractivity contribution < 1.29 is 9.21 Å². The van der Waals surface area contributed by atoms with Crippen molar-refractivity contribution in [3.8, 4) is 10.6 Å². The number of oxazole rings is 1. The molecule has 0 bridgehead atoms. The van der Waals surface area contributed by atoms with Crippen LogP contribution in [0.1, 0.15) is 21.8 Å². The van der Waals surface area contributed by atoms with Crippen molar-refractivity contribution in [2.45, 2.75) is 13.5 Å². The number of nitrogens with two attached hydrogens (primary N) is 1. The van der Waals surface area contributed by atoms with Gasteiger partial charge in [0.1, 0.15) is 0 Å². The molecule has 0 aliphatic carbocycles. The van der Waals surface area contributed by atoms with E-state index in [-0.39, 0.29) is 0 Å². The Kier molecular flexibility index (Phi) is 3.93. The number of nitrogens with one attached hydrogen (secondary N) is 1. The monoisotopic (exact) mass is 313 g/mol. The van der Waals surface area contributed by atoms with Gasteiger partial charge in [-0.25, -0.2) is 4.98 Å². The number of primary amides is 1. The van der Waals surface area contributed by atoms with Crippen LogP contribution in [-0.2, 0) is 6.54 Å². The Bertz CT molecular complexity index is 794. The molecule has 1 aromatic carbocycles. The number of hydrogen-bond acceptors (Lipinski definition) is 5. The van der Waals surface area contributed by atoms with E-state index in [0.29, 0.717) is 18.0 Å². The fraction of sp³-hybridized carbons (Fsp3) is 0.125. The molecule has 2 aromatic heterocycles. The number of carbonyl (C=O) groups excluding carboxylic acids is 1. The maximum atomic E-state index is 11.2. The summed E-state index contributed by atoms with van der Waals surface area (Å²) >= 11 is 1.61. The average molecular weight is 313 g/mol. The molecule has 0 unspecified atom stereocenters. The van der Waals surface area contributed by atoms with Gasteiger partial charge in [0, 0.05) is 11.3 Å². The number of amides is 1. The second-order valence-corrected chi connectivity index (χ2v) is 5.79. The summed E-state index contributed by atoms with van der Waals surface area (Å²) in [5.41, 5.74) is 7.55. The summed E-state index contributed by atoms with van der Waals surface area (Å²) in [6.45, 7) is 2.33. The number of rotatable bonds is 5. The van der Waals surface area contributed by atoms with Crippen LogP contribution >= 0.6 is 11.3 Å². The van der Waals surface area contributed by atoms with Crippen molar-refractivity contribution >= 4 is 22.9 Å². The Morgan fingerprint density at radius 1 is 1.41 bits per heavy atom. The summed E-state index contributed by atoms with van der Waals surface area (Å²) < 4.78 is 5.70. The molecule has 0 spiro atoms. The number of hydrogen-bond donors (Lipinski definition) is 2. The van der Waals surface area contributed by atoms with Gasteiger partial charge in [0.25, 0.3) is 0 Å². The van der Waals surface area contributed by atoms with Crippen molar-refractivity contribution in [1.82, 2.24) is 4.98 Å². The largest absolute Gasteiger partial charge is 0.438 e. The number of anilines is 1. The van der Waals surface area contributed by atoms with Crippen LogP contribution in [-0.4, -0.2) is 10.9 Å². The standard InChI is InChI=1S/C16H15N3O2S/c1-10-7-11(4-5-12(10)16(17)20)18-9-15-19-8-13(21-15)14-3-2-6-22-14/h2-8,18H,9H2,1H3,(H2,17,20). The SMILES string of the molecule is Cc1cc(NCc2ncc(-c3cccs3)o2)ccc1C(N)=O. The highest BCUT2D eigenvalue weighted by atomic mass is 32.1. The lowest BCUT2D eigenvalue weighted by atomic mass is 10.1. The lowest BCUT2D eigenvalue weighted by Gasteiger charge is -2.07. The minimum Gasteiger partial charge on any atom is -0.438 e. The number of nitrogens with zero attached hydrogens (tertiary/aromatic N) is 1. The second kappa shape index (κ2) is 6.03. The third kappa shape index (κ3) is 3.01. The van der Waals surface area contributed by atoms with E-state index in [2.05, 4.69) is 10.3 Å². The molecule has 2 heterocycles. The molecule has 3 aromatic rings. The third-order valence-corrected chi connectivity index (χ3v) is 4.14. The molecule has 0 radical (unpaired) electrons. The first-order chi connectivity index (χ1) is 10.6. The van der Waals surface area contributed by atoms with Gasteiger partial charge in [0.2, 0.25) is 11.8 Å². The van der Waals surface area contributed by atoms with Crippen LogP contribution in [0.3, 0.4) is 0 Å². The van der Waals surface area contributed by atoms with E-state index in [1.165, 1.54) is 0 Å². The number of aromatic nitrogens is 1. The summed E-state index contributed by atoms with van der Waals surface area (Å²) in [5, 5.41) is 5.22. The summed E-state index contributed by atoms with van der Waals surface area (Å²) in [6, 6.07) is 9.38. The van der Waals surface area contributed by atoms with Crippen LogP contribution in [0.15, 0.2) is 46.3 Å². The molecule has 0 aliphatic rings. The second-order valence-electron chi connectivity index (χ2n) is 4.84. The van der Waals surface area contributed by atoms with Gasteiger partial charge in [-0.2, -0.15) is 0 Å². The Morgan fingerprint density at radius 3 is 2.95 bits per heavy atom. The fourth-order valence-electron chi connectivity index (χ4n) is 2.15. The van der Waals surface area contributed by atoms with E-state index in [4.69, 9.17) is 10.2 Å². The van der Waals surface area contributed by atoms with Crippen molar-refractivity contribution in [2.75, 3.05) is 5.32 Å². The van der Waals surface area contributed by atoms with Crippen LogP contribution in [0.2, 0.25) is 0 Å². The maximum absolute atomic E-state index is 11.2. The molecule has 112 valence electrons. The lowest BCUT2D eigenvalue weighted by Crippen LogP contribution is -2.12. The van der Waals surface area contributed by atoms with Crippen molar-refractivity contribution in [3.05, 3.63) is 58.9 Å². The van der Waals surface area contributed by atoms with Gasteiger partial charge in [-0.05, 0) is 42.1 Å². The molecule has 0 fully saturated rings. The zero-order valence-electron chi connectivity index (χ0n) is 12.0. The van der Waals surface area contributed by atoms with Gasteiger partial charge in [-0.15, -0.1) is 11.3 Å². The van der Waals surface area contributed by atoms with E-state index in [1.807, 2.05) is 36.6 Å². The van der Waals surface area contributed by atoms with E-state index in [9.17, 15) is 4.79 Å². The van der Waals surface area contributed by atoms with Gasteiger partial charge >= 0.3 is 0 Å². The number of thiophene rings is 1. The molecular formula is C16H15N3O2S. The first kappa shape index (κ1) is 14.3. The Balaban J connectivity index is 1.68. The molecule has 0 atom stereocenters. The normalized spacial score (nSPS) is 10.6. The van der Waals surface area contributed by atoms with Gasteiger partial charge in [0.05, 0.1) is 17.6 Å². The van der Waals surface area contributed by atoms with Gasteiger partial charge in [-0.1, -0.05) is 6.07 Å². The third-order valence-electron chi connectivity index (χ3n) is 3.25. The zero-order valence-corrected chi connectivity index (χ0v) is 12.8. The summed E-state index contributed by atoms with van der Waals surface area (Å²) in [7, 11) is 0. The van der Waals surface area contributed by atoms with Crippen LogP contribution in [0, 0.1) is 6.92 Å². The highest BCUT2D eigenvalue weighted by Gasteiger charge is 2.08. The average Bonchev–Trinajstić information content (AvgIpc) is 3.16. The van der Waals surface area contributed by atoms with Gasteiger partial charge < -0.3 is 15.5 Å². The Morgan fingerprint density at radius 2 is 2.27 bits per heavy atom. The van der Waals surface area contributed by atoms with Crippen molar-refractivity contribution in [1.29, 1.82) is 0 Å². The van der Waals surface area contributed by atoms with Crippen LogP contribution < -0.4 is 11.1 Å². The lowest BCUT2D eigenvalue weighted by molar-refractivity contribution is 0.0999. The van der Waals surface area contributed by atoms with E-state index in [0.717, 1.165) is 21.9 Å². The van der Waals surface area contributed by atoms with Crippen LogP contribution in [0.25, 0.3) is 10.6 Å². The molecule has 5 nitrogen and oxygen atoms in total. The first-order valence-electron chi connectivity index (χ1n) is 6.76.